The Morgan fingerprint density at radius 2 is 2.00 bits per heavy atom. The molecule has 0 radical (unpaired) electrons. The monoisotopic (exact) mass is 330 g/mol. The largest absolute Gasteiger partial charge is 0.361 e. The fourth-order valence-corrected chi connectivity index (χ4v) is 3.03. The minimum absolute atomic E-state index is 0.515. The summed E-state index contributed by atoms with van der Waals surface area (Å²) < 4.78 is 9.47. The van der Waals surface area contributed by atoms with Crippen LogP contribution >= 0.6 is 0 Å². The van der Waals surface area contributed by atoms with E-state index >= 15 is 0 Å². The number of nitrogens with zero attached hydrogens (tertiary/aromatic N) is 6. The number of rotatable bonds is 6. The SMILES string of the molecule is Cn1nnnc1-c1ccc2ccn(COCC[Si](C)(C)C)c2n1. The van der Waals surface area contributed by atoms with Gasteiger partial charge in [0.2, 0.25) is 0 Å². The van der Waals surface area contributed by atoms with Crippen LogP contribution in [-0.4, -0.2) is 44.4 Å². The smallest absolute Gasteiger partial charge is 0.200 e. The van der Waals surface area contributed by atoms with Gasteiger partial charge in [-0.2, -0.15) is 0 Å². The summed E-state index contributed by atoms with van der Waals surface area (Å²) in [7, 11) is 0.746. The van der Waals surface area contributed by atoms with Crippen LogP contribution in [0, 0.1) is 0 Å². The lowest BCUT2D eigenvalue weighted by Crippen LogP contribution is -2.22. The number of tetrazole rings is 1. The molecule has 0 saturated heterocycles. The third-order valence-electron chi connectivity index (χ3n) is 3.69. The quantitative estimate of drug-likeness (QED) is 0.513. The Balaban J connectivity index is 1.78. The van der Waals surface area contributed by atoms with Crippen LogP contribution in [0.4, 0.5) is 0 Å². The van der Waals surface area contributed by atoms with E-state index in [9.17, 15) is 0 Å². The van der Waals surface area contributed by atoms with Crippen molar-refractivity contribution in [3.8, 4) is 11.5 Å². The fraction of sp³-hybridized carbons (Fsp3) is 0.467. The molecule has 3 rings (SSSR count). The Bertz CT molecular complexity index is 804. The number of aromatic nitrogens is 6. The van der Waals surface area contributed by atoms with E-state index in [0.717, 1.165) is 29.4 Å². The van der Waals surface area contributed by atoms with Gasteiger partial charge in [0.25, 0.3) is 0 Å². The second-order valence-corrected chi connectivity index (χ2v) is 12.5. The molecule has 0 spiro atoms. The van der Waals surface area contributed by atoms with Gasteiger partial charge < -0.3 is 9.30 Å². The third kappa shape index (κ3) is 3.65. The highest BCUT2D eigenvalue weighted by Crippen LogP contribution is 2.19. The Morgan fingerprint density at radius 3 is 2.70 bits per heavy atom. The molecule has 3 heterocycles. The highest BCUT2D eigenvalue weighted by atomic mass is 28.3. The fourth-order valence-electron chi connectivity index (χ4n) is 2.28. The van der Waals surface area contributed by atoms with Gasteiger partial charge in [-0.25, -0.2) is 9.67 Å². The van der Waals surface area contributed by atoms with Gasteiger partial charge in [-0.3, -0.25) is 0 Å². The summed E-state index contributed by atoms with van der Waals surface area (Å²) in [5, 5.41) is 12.6. The summed E-state index contributed by atoms with van der Waals surface area (Å²) in [5.41, 5.74) is 1.64. The molecular weight excluding hydrogens is 308 g/mol. The zero-order chi connectivity index (χ0) is 16.4. The van der Waals surface area contributed by atoms with Gasteiger partial charge in [0.15, 0.2) is 5.82 Å². The van der Waals surface area contributed by atoms with Crippen molar-refractivity contribution in [1.82, 2.24) is 29.8 Å². The third-order valence-corrected chi connectivity index (χ3v) is 5.39. The van der Waals surface area contributed by atoms with Gasteiger partial charge in [-0.15, -0.1) is 5.10 Å². The molecule has 3 aromatic rings. The second kappa shape index (κ2) is 6.21. The van der Waals surface area contributed by atoms with Crippen molar-refractivity contribution in [1.29, 1.82) is 0 Å². The van der Waals surface area contributed by atoms with Crippen LogP contribution in [0.15, 0.2) is 24.4 Å². The summed E-state index contributed by atoms with van der Waals surface area (Å²) in [6.07, 6.45) is 2.00. The maximum absolute atomic E-state index is 5.83. The van der Waals surface area contributed by atoms with E-state index in [2.05, 4.69) is 35.2 Å². The molecule has 0 amide bonds. The molecule has 8 heteroatoms. The molecule has 7 nitrogen and oxygen atoms in total. The number of pyridine rings is 1. The number of hydrogen-bond donors (Lipinski definition) is 0. The van der Waals surface area contributed by atoms with Crippen LogP contribution in [0.2, 0.25) is 25.7 Å². The summed E-state index contributed by atoms with van der Waals surface area (Å²) >= 11 is 0. The number of hydrogen-bond acceptors (Lipinski definition) is 5. The lowest BCUT2D eigenvalue weighted by molar-refractivity contribution is 0.0899. The van der Waals surface area contributed by atoms with E-state index < -0.39 is 8.07 Å². The summed E-state index contributed by atoms with van der Waals surface area (Å²) in [4.78, 5) is 4.69. The number of fused-ring (bicyclic) bond motifs is 1. The molecule has 0 aliphatic carbocycles. The van der Waals surface area contributed by atoms with E-state index in [-0.39, 0.29) is 0 Å². The first-order valence-corrected chi connectivity index (χ1v) is 11.4. The molecule has 0 N–H and O–H groups in total. The summed E-state index contributed by atoms with van der Waals surface area (Å²) in [5.74, 6) is 0.652. The normalized spacial score (nSPS) is 12.2. The average Bonchev–Trinajstić information content (AvgIpc) is 3.08. The van der Waals surface area contributed by atoms with Gasteiger partial charge in [0.1, 0.15) is 18.1 Å². The average molecular weight is 330 g/mol. The molecule has 0 saturated carbocycles. The minimum Gasteiger partial charge on any atom is -0.361 e. The van der Waals surface area contributed by atoms with Crippen LogP contribution < -0.4 is 0 Å². The van der Waals surface area contributed by atoms with Crippen molar-refractivity contribution in [2.24, 2.45) is 7.05 Å². The van der Waals surface area contributed by atoms with Crippen LogP contribution in [-0.2, 0) is 18.5 Å². The molecule has 0 bridgehead atoms. The van der Waals surface area contributed by atoms with E-state index in [1.807, 2.05) is 29.0 Å². The maximum Gasteiger partial charge on any atom is 0.200 e. The Kier molecular flexibility index (Phi) is 4.27. The number of ether oxygens (including phenoxy) is 1. The molecule has 0 aromatic carbocycles. The predicted octanol–water partition coefficient (Wildman–Crippen LogP) is 2.54. The van der Waals surface area contributed by atoms with Crippen molar-refractivity contribution in [2.45, 2.75) is 32.4 Å². The molecule has 23 heavy (non-hydrogen) atoms. The van der Waals surface area contributed by atoms with Gasteiger partial charge in [0.05, 0.1) is 0 Å². The van der Waals surface area contributed by atoms with Gasteiger partial charge in [-0.05, 0) is 34.7 Å². The zero-order valence-electron chi connectivity index (χ0n) is 14.0. The van der Waals surface area contributed by atoms with E-state index in [0.29, 0.717) is 12.6 Å². The molecule has 3 aromatic heterocycles. The first-order valence-electron chi connectivity index (χ1n) is 7.70. The first-order chi connectivity index (χ1) is 10.9. The Morgan fingerprint density at radius 1 is 1.17 bits per heavy atom. The summed E-state index contributed by atoms with van der Waals surface area (Å²) in [6, 6.07) is 7.17. The van der Waals surface area contributed by atoms with Crippen LogP contribution in [0.1, 0.15) is 0 Å². The molecule has 0 unspecified atom stereocenters. The van der Waals surface area contributed by atoms with Crippen molar-refractivity contribution >= 4 is 19.1 Å². The van der Waals surface area contributed by atoms with Gasteiger partial charge >= 0.3 is 0 Å². The van der Waals surface area contributed by atoms with Crippen LogP contribution in [0.25, 0.3) is 22.6 Å². The molecule has 0 aliphatic heterocycles. The van der Waals surface area contributed by atoms with Crippen molar-refractivity contribution in [3.05, 3.63) is 24.4 Å². The van der Waals surface area contributed by atoms with E-state index in [4.69, 9.17) is 9.72 Å². The van der Waals surface area contributed by atoms with Crippen LogP contribution in [0.3, 0.4) is 0 Å². The lowest BCUT2D eigenvalue weighted by atomic mass is 10.3. The van der Waals surface area contributed by atoms with Crippen molar-refractivity contribution in [2.75, 3.05) is 6.61 Å². The summed E-state index contributed by atoms with van der Waals surface area (Å²) in [6.45, 7) is 8.36. The number of aryl methyl sites for hydroxylation is 1. The molecular formula is C15H22N6OSi. The Labute approximate surface area is 136 Å². The second-order valence-electron chi connectivity index (χ2n) is 6.87. The minimum atomic E-state index is -1.06. The first kappa shape index (κ1) is 15.8. The Hall–Kier alpha value is -2.06. The predicted molar refractivity (Wildman–Crippen MR) is 91.6 cm³/mol. The van der Waals surface area contributed by atoms with E-state index in [1.165, 1.54) is 0 Å². The van der Waals surface area contributed by atoms with Crippen molar-refractivity contribution < 1.29 is 4.74 Å². The molecule has 122 valence electrons. The molecule has 0 aliphatic rings. The van der Waals surface area contributed by atoms with E-state index in [1.54, 1.807) is 11.7 Å². The topological polar surface area (TPSA) is 70.7 Å². The standard InChI is InChI=1S/C15H22N6OSi/c1-20-15(17-18-19-20)13-6-5-12-7-8-21(14(12)16-13)11-22-9-10-23(2,3)4/h5-8H,9-11H2,1-4H3. The molecule has 0 atom stereocenters. The maximum atomic E-state index is 5.83. The van der Waals surface area contributed by atoms with Crippen LogP contribution in [0.5, 0.6) is 0 Å². The lowest BCUT2D eigenvalue weighted by Gasteiger charge is -2.15. The van der Waals surface area contributed by atoms with Gasteiger partial charge in [0, 0.05) is 33.3 Å². The zero-order valence-corrected chi connectivity index (χ0v) is 15.0. The van der Waals surface area contributed by atoms with Gasteiger partial charge in [-0.1, -0.05) is 19.6 Å². The highest BCUT2D eigenvalue weighted by molar-refractivity contribution is 6.76. The molecule has 0 fully saturated rings. The van der Waals surface area contributed by atoms with Crippen molar-refractivity contribution in [3.63, 3.8) is 0 Å². The highest BCUT2D eigenvalue weighted by Gasteiger charge is 2.13.